The summed E-state index contributed by atoms with van der Waals surface area (Å²) >= 11 is 0. The van der Waals surface area contributed by atoms with Gasteiger partial charge in [-0.1, -0.05) is 13.8 Å². The van der Waals surface area contributed by atoms with Gasteiger partial charge in [0.25, 0.3) is 0 Å². The summed E-state index contributed by atoms with van der Waals surface area (Å²) in [6.45, 7) is 7.09. The Kier molecular flexibility index (Phi) is 3.80. The van der Waals surface area contributed by atoms with E-state index in [1.807, 2.05) is 20.8 Å². The van der Waals surface area contributed by atoms with Gasteiger partial charge in [0.2, 0.25) is 0 Å². The van der Waals surface area contributed by atoms with Crippen molar-refractivity contribution in [3.8, 4) is 0 Å². The molecular formula is C12H20O3. The molecule has 0 aromatic rings. The van der Waals surface area contributed by atoms with E-state index in [0.29, 0.717) is 37.4 Å². The van der Waals surface area contributed by atoms with Crippen molar-refractivity contribution in [2.24, 2.45) is 5.41 Å². The minimum absolute atomic E-state index is 0.163. The first-order valence-electron chi connectivity index (χ1n) is 5.37. The van der Waals surface area contributed by atoms with Gasteiger partial charge < -0.3 is 14.9 Å². The highest BCUT2D eigenvalue weighted by Crippen LogP contribution is 2.36. The van der Waals surface area contributed by atoms with Crippen LogP contribution in [0, 0.1) is 5.41 Å². The molecule has 0 saturated carbocycles. The highest BCUT2D eigenvalue weighted by atomic mass is 16.5. The maximum atomic E-state index is 9.80. The second-order valence-corrected chi connectivity index (χ2v) is 4.57. The monoisotopic (exact) mass is 212 g/mol. The summed E-state index contributed by atoms with van der Waals surface area (Å²) in [6.07, 6.45) is 2.95. The van der Waals surface area contributed by atoms with E-state index in [1.165, 1.54) is 0 Å². The van der Waals surface area contributed by atoms with Crippen LogP contribution in [-0.4, -0.2) is 23.4 Å². The van der Waals surface area contributed by atoms with Crippen LogP contribution in [0.25, 0.3) is 0 Å². The van der Waals surface area contributed by atoms with E-state index in [1.54, 1.807) is 6.08 Å². The number of allylic oxidation sites excluding steroid dienone is 3. The van der Waals surface area contributed by atoms with E-state index in [0.717, 1.165) is 0 Å². The molecule has 2 N–H and O–H groups in total. The largest absolute Gasteiger partial charge is 0.512 e. The Labute approximate surface area is 91.1 Å². The Morgan fingerprint density at radius 3 is 2.60 bits per heavy atom. The first-order valence-corrected chi connectivity index (χ1v) is 5.37. The third-order valence-corrected chi connectivity index (χ3v) is 2.51. The lowest BCUT2D eigenvalue weighted by Crippen LogP contribution is -2.17. The first-order chi connectivity index (χ1) is 6.96. The molecule has 0 amide bonds. The van der Waals surface area contributed by atoms with Crippen molar-refractivity contribution in [1.29, 1.82) is 0 Å². The van der Waals surface area contributed by atoms with Crippen LogP contribution in [0.3, 0.4) is 0 Å². The Hall–Kier alpha value is -0.960. The van der Waals surface area contributed by atoms with Crippen LogP contribution in [0.2, 0.25) is 0 Å². The molecule has 0 bridgehead atoms. The maximum absolute atomic E-state index is 9.80. The quantitative estimate of drug-likeness (QED) is 0.704. The molecule has 1 aliphatic rings. The summed E-state index contributed by atoms with van der Waals surface area (Å²) in [5, 5.41) is 19.6. The van der Waals surface area contributed by atoms with Crippen LogP contribution >= 0.6 is 0 Å². The maximum Gasteiger partial charge on any atom is 0.118 e. The summed E-state index contributed by atoms with van der Waals surface area (Å²) in [5.74, 6) is 0.489. The van der Waals surface area contributed by atoms with Crippen LogP contribution in [0.15, 0.2) is 23.2 Å². The van der Waals surface area contributed by atoms with Crippen molar-refractivity contribution in [3.63, 3.8) is 0 Å². The number of aliphatic hydroxyl groups excluding tert-OH is 2. The Morgan fingerprint density at radius 1 is 1.40 bits per heavy atom. The standard InChI is InChI=1S/C12H20O3/c1-4-15-6-5-9-10(13)7-12(2,3)8-11(9)14/h7,13-14H,4-6,8H2,1-3H3. The average Bonchev–Trinajstić information content (AvgIpc) is 2.08. The molecule has 3 nitrogen and oxygen atoms in total. The predicted octanol–water partition coefficient (Wildman–Crippen LogP) is 3.10. The lowest BCUT2D eigenvalue weighted by molar-refractivity contribution is 0.147. The molecule has 0 radical (unpaired) electrons. The van der Waals surface area contributed by atoms with E-state index in [2.05, 4.69) is 0 Å². The Bertz CT molecular complexity index is 287. The van der Waals surface area contributed by atoms with Gasteiger partial charge in [-0.3, -0.25) is 0 Å². The number of ether oxygens (including phenoxy) is 1. The van der Waals surface area contributed by atoms with Crippen LogP contribution in [-0.2, 0) is 4.74 Å². The third kappa shape index (κ3) is 3.27. The molecule has 0 aromatic heterocycles. The second kappa shape index (κ2) is 4.71. The number of hydrogen-bond acceptors (Lipinski definition) is 3. The van der Waals surface area contributed by atoms with Crippen LogP contribution in [0.1, 0.15) is 33.6 Å². The van der Waals surface area contributed by atoms with Crippen molar-refractivity contribution >= 4 is 0 Å². The third-order valence-electron chi connectivity index (χ3n) is 2.51. The van der Waals surface area contributed by atoms with Crippen molar-refractivity contribution in [2.75, 3.05) is 13.2 Å². The fraction of sp³-hybridized carbons (Fsp3) is 0.667. The Balaban J connectivity index is 2.68. The van der Waals surface area contributed by atoms with Gasteiger partial charge in [-0.15, -0.1) is 0 Å². The molecule has 86 valence electrons. The van der Waals surface area contributed by atoms with Gasteiger partial charge in [0.1, 0.15) is 11.5 Å². The minimum atomic E-state index is -0.163. The zero-order valence-electron chi connectivity index (χ0n) is 9.71. The van der Waals surface area contributed by atoms with Crippen LogP contribution in [0.5, 0.6) is 0 Å². The molecule has 3 heteroatoms. The van der Waals surface area contributed by atoms with Crippen LogP contribution < -0.4 is 0 Å². The second-order valence-electron chi connectivity index (χ2n) is 4.57. The molecule has 0 unspecified atom stereocenters. The number of hydrogen-bond donors (Lipinski definition) is 2. The molecule has 0 saturated heterocycles. The van der Waals surface area contributed by atoms with Gasteiger partial charge in [-0.25, -0.2) is 0 Å². The fourth-order valence-corrected chi connectivity index (χ4v) is 1.79. The molecule has 15 heavy (non-hydrogen) atoms. The molecule has 0 atom stereocenters. The van der Waals surface area contributed by atoms with Gasteiger partial charge in [-0.2, -0.15) is 0 Å². The normalized spacial score (nSPS) is 20.3. The van der Waals surface area contributed by atoms with E-state index in [9.17, 15) is 10.2 Å². The van der Waals surface area contributed by atoms with E-state index in [4.69, 9.17) is 4.74 Å². The van der Waals surface area contributed by atoms with Crippen molar-refractivity contribution in [2.45, 2.75) is 33.6 Å². The van der Waals surface area contributed by atoms with Gasteiger partial charge in [-0.05, 0) is 18.4 Å². The Morgan fingerprint density at radius 2 is 2.07 bits per heavy atom. The summed E-state index contributed by atoms with van der Waals surface area (Å²) in [4.78, 5) is 0. The summed E-state index contributed by atoms with van der Waals surface area (Å²) in [5.41, 5.74) is 0.464. The fourth-order valence-electron chi connectivity index (χ4n) is 1.79. The van der Waals surface area contributed by atoms with E-state index >= 15 is 0 Å². The zero-order chi connectivity index (χ0) is 11.5. The molecule has 1 aliphatic carbocycles. The average molecular weight is 212 g/mol. The summed E-state index contributed by atoms with van der Waals surface area (Å²) < 4.78 is 5.20. The highest BCUT2D eigenvalue weighted by molar-refractivity contribution is 5.33. The van der Waals surface area contributed by atoms with Crippen molar-refractivity contribution < 1.29 is 14.9 Å². The SMILES string of the molecule is CCOCCC1=C(O)CC(C)(C)C=C1O. The topological polar surface area (TPSA) is 49.7 Å². The zero-order valence-corrected chi connectivity index (χ0v) is 9.71. The van der Waals surface area contributed by atoms with Gasteiger partial charge in [0.05, 0.1) is 6.61 Å². The van der Waals surface area contributed by atoms with Crippen molar-refractivity contribution in [1.82, 2.24) is 0 Å². The van der Waals surface area contributed by atoms with Gasteiger partial charge >= 0.3 is 0 Å². The first kappa shape index (κ1) is 12.1. The minimum Gasteiger partial charge on any atom is -0.512 e. The highest BCUT2D eigenvalue weighted by Gasteiger charge is 2.26. The van der Waals surface area contributed by atoms with E-state index in [-0.39, 0.29) is 11.2 Å². The number of aliphatic hydroxyl groups is 2. The summed E-state index contributed by atoms with van der Waals surface area (Å²) in [7, 11) is 0. The summed E-state index contributed by atoms with van der Waals surface area (Å²) in [6, 6.07) is 0. The molecule has 0 aromatic carbocycles. The predicted molar refractivity (Wildman–Crippen MR) is 59.9 cm³/mol. The van der Waals surface area contributed by atoms with Crippen LogP contribution in [0.4, 0.5) is 0 Å². The molecule has 0 spiro atoms. The lowest BCUT2D eigenvalue weighted by Gasteiger charge is -2.26. The lowest BCUT2D eigenvalue weighted by atomic mass is 9.81. The molecule has 0 aliphatic heterocycles. The van der Waals surface area contributed by atoms with Gasteiger partial charge in [0, 0.05) is 25.0 Å². The molecule has 0 fully saturated rings. The molecule has 0 heterocycles. The van der Waals surface area contributed by atoms with E-state index < -0.39 is 0 Å². The smallest absolute Gasteiger partial charge is 0.118 e. The molecular weight excluding hydrogens is 192 g/mol. The van der Waals surface area contributed by atoms with Gasteiger partial charge in [0.15, 0.2) is 0 Å². The van der Waals surface area contributed by atoms with Crippen molar-refractivity contribution in [3.05, 3.63) is 23.2 Å². The molecule has 1 rings (SSSR count). The number of rotatable bonds is 4.